The molecule has 0 spiro atoms. The van der Waals surface area contributed by atoms with Crippen LogP contribution in [0.5, 0.6) is 5.75 Å². The van der Waals surface area contributed by atoms with Gasteiger partial charge in [0.05, 0.1) is 19.0 Å². The number of nitrogens with zero attached hydrogens (tertiary/aromatic N) is 2. The molecule has 0 bridgehead atoms. The Kier molecular flexibility index (Phi) is 6.13. The third-order valence-corrected chi connectivity index (χ3v) is 4.40. The first kappa shape index (κ1) is 19.9. The van der Waals surface area contributed by atoms with Crippen LogP contribution in [0.2, 0.25) is 0 Å². The van der Waals surface area contributed by atoms with Crippen molar-refractivity contribution in [3.05, 3.63) is 60.3 Å². The maximum Gasteiger partial charge on any atom is 0.262 e. The predicted molar refractivity (Wildman–Crippen MR) is 113 cm³/mol. The first-order valence-electron chi connectivity index (χ1n) is 9.08. The molecule has 0 saturated heterocycles. The summed E-state index contributed by atoms with van der Waals surface area (Å²) >= 11 is 0. The summed E-state index contributed by atoms with van der Waals surface area (Å²) in [5.74, 6) is -0.0790. The van der Waals surface area contributed by atoms with Crippen LogP contribution in [0.15, 0.2) is 59.8 Å². The van der Waals surface area contributed by atoms with Gasteiger partial charge in [0.25, 0.3) is 5.91 Å². The minimum atomic E-state index is -0.528. The average Bonchev–Trinajstić information content (AvgIpc) is 3.05. The Labute approximate surface area is 168 Å². The molecule has 0 aliphatic rings. The lowest BCUT2D eigenvalue weighted by molar-refractivity contribution is -0.121. The van der Waals surface area contributed by atoms with Crippen LogP contribution in [0.3, 0.4) is 0 Å². The van der Waals surface area contributed by atoms with E-state index in [9.17, 15) is 9.59 Å². The van der Waals surface area contributed by atoms with E-state index in [1.807, 2.05) is 48.5 Å². The number of primary amides is 1. The molecule has 3 rings (SSSR count). The first-order chi connectivity index (χ1) is 14.0. The topological polar surface area (TPSA) is 111 Å². The number of benzene rings is 2. The third kappa shape index (κ3) is 4.73. The standard InChI is InChI=1S/C21H23N5O3/c1-14(24-17-8-4-6-10-19(17)29-2)21(28)25-23-11-15-12-26(13-20(22)27)18-9-5-3-7-16(15)18/h3-12,14,24H,13H2,1-2H3,(H2,22,27)(H,25,28)/b23-11+. The predicted octanol–water partition coefficient (Wildman–Crippen LogP) is 2.09. The number of hydrogen-bond donors (Lipinski definition) is 3. The molecule has 1 aromatic heterocycles. The van der Waals surface area contributed by atoms with E-state index >= 15 is 0 Å². The minimum absolute atomic E-state index is 0.0700. The Bertz CT molecular complexity index is 1060. The van der Waals surface area contributed by atoms with Gasteiger partial charge in [-0.05, 0) is 25.1 Å². The second-order valence-corrected chi connectivity index (χ2v) is 6.50. The van der Waals surface area contributed by atoms with Gasteiger partial charge in [0.15, 0.2) is 0 Å². The molecular formula is C21H23N5O3. The van der Waals surface area contributed by atoms with E-state index in [0.29, 0.717) is 5.75 Å². The fourth-order valence-corrected chi connectivity index (χ4v) is 3.00. The van der Waals surface area contributed by atoms with Crippen LogP contribution in [-0.4, -0.2) is 35.7 Å². The fraction of sp³-hybridized carbons (Fsp3) is 0.190. The molecule has 2 aromatic carbocycles. The maximum absolute atomic E-state index is 12.4. The second kappa shape index (κ2) is 8.92. The van der Waals surface area contributed by atoms with E-state index in [2.05, 4.69) is 15.8 Å². The van der Waals surface area contributed by atoms with Crippen molar-refractivity contribution in [3.63, 3.8) is 0 Å². The van der Waals surface area contributed by atoms with Crippen LogP contribution in [0.4, 0.5) is 5.69 Å². The van der Waals surface area contributed by atoms with E-state index in [-0.39, 0.29) is 12.5 Å². The van der Waals surface area contributed by atoms with Crippen molar-refractivity contribution in [2.75, 3.05) is 12.4 Å². The van der Waals surface area contributed by atoms with E-state index in [0.717, 1.165) is 22.2 Å². The fourth-order valence-electron chi connectivity index (χ4n) is 3.00. The number of aromatic nitrogens is 1. The first-order valence-corrected chi connectivity index (χ1v) is 9.08. The zero-order valence-electron chi connectivity index (χ0n) is 16.3. The molecule has 8 nitrogen and oxygen atoms in total. The molecule has 8 heteroatoms. The summed E-state index contributed by atoms with van der Waals surface area (Å²) in [7, 11) is 1.57. The summed E-state index contributed by atoms with van der Waals surface area (Å²) in [6.45, 7) is 1.80. The Hall–Kier alpha value is -3.81. The molecule has 1 unspecified atom stereocenters. The van der Waals surface area contributed by atoms with Crippen LogP contribution >= 0.6 is 0 Å². The molecule has 0 aliphatic heterocycles. The van der Waals surface area contributed by atoms with Crippen molar-refractivity contribution in [2.45, 2.75) is 19.5 Å². The van der Waals surface area contributed by atoms with Crippen LogP contribution in [0, 0.1) is 0 Å². The third-order valence-electron chi connectivity index (χ3n) is 4.40. The minimum Gasteiger partial charge on any atom is -0.495 e. The smallest absolute Gasteiger partial charge is 0.262 e. The lowest BCUT2D eigenvalue weighted by atomic mass is 10.2. The summed E-state index contributed by atoms with van der Waals surface area (Å²) in [5.41, 5.74) is 10.2. The highest BCUT2D eigenvalue weighted by atomic mass is 16.5. The average molecular weight is 393 g/mol. The monoisotopic (exact) mass is 393 g/mol. The molecule has 2 amide bonds. The zero-order valence-corrected chi connectivity index (χ0v) is 16.3. The molecular weight excluding hydrogens is 370 g/mol. The molecule has 1 atom stereocenters. The number of rotatable bonds is 8. The summed E-state index contributed by atoms with van der Waals surface area (Å²) in [6, 6.07) is 14.4. The van der Waals surface area contributed by atoms with Crippen molar-refractivity contribution < 1.29 is 14.3 Å². The van der Waals surface area contributed by atoms with Gasteiger partial charge < -0.3 is 20.4 Å². The highest BCUT2D eigenvalue weighted by Gasteiger charge is 2.14. The number of nitrogens with two attached hydrogens (primary N) is 1. The Morgan fingerprint density at radius 2 is 1.93 bits per heavy atom. The Morgan fingerprint density at radius 3 is 2.69 bits per heavy atom. The number of methoxy groups -OCH3 is 1. The molecule has 0 radical (unpaired) electrons. The lowest BCUT2D eigenvalue weighted by Crippen LogP contribution is -2.35. The van der Waals surface area contributed by atoms with Gasteiger partial charge in [0, 0.05) is 22.7 Å². The second-order valence-electron chi connectivity index (χ2n) is 6.50. The number of para-hydroxylation sites is 3. The number of carbonyl (C=O) groups is 2. The van der Waals surface area contributed by atoms with Gasteiger partial charge in [-0.25, -0.2) is 5.43 Å². The summed E-state index contributed by atoms with van der Waals surface area (Å²) in [5, 5.41) is 8.07. The number of hydrazone groups is 1. The van der Waals surface area contributed by atoms with E-state index in [4.69, 9.17) is 10.5 Å². The maximum atomic E-state index is 12.4. The Morgan fingerprint density at radius 1 is 1.21 bits per heavy atom. The molecule has 3 aromatic rings. The highest BCUT2D eigenvalue weighted by Crippen LogP contribution is 2.23. The molecule has 150 valence electrons. The van der Waals surface area contributed by atoms with E-state index in [1.165, 1.54) is 0 Å². The lowest BCUT2D eigenvalue weighted by Gasteiger charge is -2.15. The van der Waals surface area contributed by atoms with Crippen molar-refractivity contribution in [1.82, 2.24) is 9.99 Å². The number of nitrogens with one attached hydrogen (secondary N) is 2. The van der Waals surface area contributed by atoms with Gasteiger partial charge in [-0.15, -0.1) is 0 Å². The molecule has 4 N–H and O–H groups in total. The van der Waals surface area contributed by atoms with Gasteiger partial charge in [-0.3, -0.25) is 9.59 Å². The highest BCUT2D eigenvalue weighted by molar-refractivity contribution is 6.00. The quantitative estimate of drug-likeness (QED) is 0.402. The molecule has 0 aliphatic carbocycles. The van der Waals surface area contributed by atoms with Crippen LogP contribution < -0.4 is 21.2 Å². The largest absolute Gasteiger partial charge is 0.495 e. The van der Waals surface area contributed by atoms with Gasteiger partial charge in [-0.2, -0.15) is 5.10 Å². The summed E-state index contributed by atoms with van der Waals surface area (Å²) in [4.78, 5) is 23.6. The van der Waals surface area contributed by atoms with Gasteiger partial charge >= 0.3 is 0 Å². The van der Waals surface area contributed by atoms with Gasteiger partial charge in [0.1, 0.15) is 18.3 Å². The van der Waals surface area contributed by atoms with Crippen molar-refractivity contribution in [2.24, 2.45) is 10.8 Å². The molecule has 1 heterocycles. The Balaban J connectivity index is 1.69. The molecule has 29 heavy (non-hydrogen) atoms. The number of fused-ring (bicyclic) bond motifs is 1. The van der Waals surface area contributed by atoms with Crippen LogP contribution in [0.25, 0.3) is 10.9 Å². The number of carbonyl (C=O) groups excluding carboxylic acids is 2. The number of anilines is 1. The van der Waals surface area contributed by atoms with Crippen LogP contribution in [0.1, 0.15) is 12.5 Å². The van der Waals surface area contributed by atoms with Crippen LogP contribution in [-0.2, 0) is 16.1 Å². The number of amides is 2. The summed E-state index contributed by atoms with van der Waals surface area (Å²) in [6.07, 6.45) is 3.33. The van der Waals surface area contributed by atoms with Gasteiger partial charge in [-0.1, -0.05) is 30.3 Å². The van der Waals surface area contributed by atoms with Crippen molar-refractivity contribution in [3.8, 4) is 5.75 Å². The number of ether oxygens (including phenoxy) is 1. The normalized spacial score (nSPS) is 12.1. The number of hydrogen-bond acceptors (Lipinski definition) is 5. The zero-order chi connectivity index (χ0) is 20.8. The van der Waals surface area contributed by atoms with Gasteiger partial charge in [0.2, 0.25) is 5.91 Å². The SMILES string of the molecule is COc1ccccc1NC(C)C(=O)N/N=C/c1cn(CC(N)=O)c2ccccc12. The van der Waals surface area contributed by atoms with Crippen molar-refractivity contribution >= 4 is 34.6 Å². The molecule has 0 fully saturated rings. The van der Waals surface area contributed by atoms with Crippen molar-refractivity contribution in [1.29, 1.82) is 0 Å². The molecule has 0 saturated carbocycles. The van der Waals surface area contributed by atoms with E-state index < -0.39 is 11.9 Å². The van der Waals surface area contributed by atoms with E-state index in [1.54, 1.807) is 31.0 Å². The summed E-state index contributed by atoms with van der Waals surface area (Å²) < 4.78 is 7.03.